The Balaban J connectivity index is 2.18. The molecule has 19 heavy (non-hydrogen) atoms. The number of fused-ring (bicyclic) bond motifs is 3. The molecule has 0 unspecified atom stereocenters. The third kappa shape index (κ3) is 1.91. The molecule has 1 fully saturated rings. The van der Waals surface area contributed by atoms with Gasteiger partial charge in [0.1, 0.15) is 5.66 Å². The van der Waals surface area contributed by atoms with Crippen molar-refractivity contribution in [1.82, 2.24) is 10.6 Å². The quantitative estimate of drug-likeness (QED) is 0.743. The Labute approximate surface area is 114 Å². The zero-order chi connectivity index (χ0) is 13.6. The van der Waals surface area contributed by atoms with E-state index < -0.39 is 0 Å². The molecule has 102 valence electrons. The first kappa shape index (κ1) is 12.5. The highest BCUT2D eigenvalue weighted by molar-refractivity contribution is 6.04. The zero-order valence-electron chi connectivity index (χ0n) is 11.8. The van der Waals surface area contributed by atoms with E-state index in [0.717, 1.165) is 42.9 Å². The van der Waals surface area contributed by atoms with Crippen molar-refractivity contribution in [3.63, 3.8) is 0 Å². The number of hydrogen-bond donors (Lipinski definition) is 2. The monoisotopic (exact) mass is 259 g/mol. The van der Waals surface area contributed by atoms with Gasteiger partial charge in [0.2, 0.25) is 0 Å². The van der Waals surface area contributed by atoms with Gasteiger partial charge in [0.25, 0.3) is 5.91 Å². The lowest BCUT2D eigenvalue weighted by Crippen LogP contribution is -2.62. The number of carbonyl (C=O) groups excluding carboxylic acids is 1. The Kier molecular flexibility index (Phi) is 2.78. The second kappa shape index (κ2) is 4.23. The molecular formula is C15H21N3O. The number of rotatable bonds is 0. The van der Waals surface area contributed by atoms with Crippen LogP contribution in [0.2, 0.25) is 0 Å². The average Bonchev–Trinajstić information content (AvgIpc) is 2.49. The number of carbonyl (C=O) groups is 1. The second-order valence-corrected chi connectivity index (χ2v) is 5.86. The molecule has 0 aliphatic carbocycles. The van der Waals surface area contributed by atoms with Crippen LogP contribution in [0.5, 0.6) is 0 Å². The number of nitrogens with zero attached hydrogens (tertiary/aromatic N) is 1. The van der Waals surface area contributed by atoms with E-state index in [2.05, 4.69) is 41.5 Å². The summed E-state index contributed by atoms with van der Waals surface area (Å²) in [6.45, 7) is 9.05. The summed E-state index contributed by atoms with van der Waals surface area (Å²) >= 11 is 0. The third-order valence-corrected chi connectivity index (χ3v) is 4.26. The zero-order valence-corrected chi connectivity index (χ0v) is 11.8. The van der Waals surface area contributed by atoms with Crippen LogP contribution in [-0.2, 0) is 0 Å². The maximum absolute atomic E-state index is 12.4. The van der Waals surface area contributed by atoms with Crippen molar-refractivity contribution in [3.05, 3.63) is 28.8 Å². The smallest absolute Gasteiger partial charge is 0.255 e. The van der Waals surface area contributed by atoms with Crippen LogP contribution in [0.1, 0.15) is 34.8 Å². The molecule has 1 saturated heterocycles. The highest BCUT2D eigenvalue weighted by Crippen LogP contribution is 2.35. The van der Waals surface area contributed by atoms with Crippen LogP contribution < -0.4 is 15.5 Å². The van der Waals surface area contributed by atoms with Gasteiger partial charge in [0, 0.05) is 19.5 Å². The lowest BCUT2D eigenvalue weighted by Gasteiger charge is -2.46. The van der Waals surface area contributed by atoms with Crippen LogP contribution in [-0.4, -0.2) is 31.2 Å². The number of benzene rings is 1. The van der Waals surface area contributed by atoms with E-state index in [1.807, 2.05) is 6.92 Å². The molecule has 0 radical (unpaired) electrons. The van der Waals surface area contributed by atoms with Gasteiger partial charge in [-0.15, -0.1) is 0 Å². The Morgan fingerprint density at radius 2 is 2.05 bits per heavy atom. The minimum Gasteiger partial charge on any atom is -0.347 e. The summed E-state index contributed by atoms with van der Waals surface area (Å²) in [6.07, 6.45) is 0.922. The first-order chi connectivity index (χ1) is 9.01. The number of nitrogens with one attached hydrogen (secondary N) is 2. The van der Waals surface area contributed by atoms with E-state index in [-0.39, 0.29) is 11.6 Å². The van der Waals surface area contributed by atoms with Crippen LogP contribution in [0.4, 0.5) is 5.69 Å². The molecule has 2 aliphatic rings. The maximum atomic E-state index is 12.4. The van der Waals surface area contributed by atoms with Crippen molar-refractivity contribution in [2.75, 3.05) is 24.5 Å². The van der Waals surface area contributed by atoms with Crippen molar-refractivity contribution < 1.29 is 4.79 Å². The predicted molar refractivity (Wildman–Crippen MR) is 76.6 cm³/mol. The van der Waals surface area contributed by atoms with E-state index in [9.17, 15) is 4.79 Å². The van der Waals surface area contributed by atoms with Gasteiger partial charge >= 0.3 is 0 Å². The SMILES string of the molecule is Cc1cc(C)c2c(c1)N1CCNCC[C@@]1(C)NC2=O. The molecule has 3 rings (SSSR count). The molecule has 4 heteroatoms. The first-order valence-electron chi connectivity index (χ1n) is 6.93. The molecule has 0 spiro atoms. The summed E-state index contributed by atoms with van der Waals surface area (Å²) in [5.41, 5.74) is 3.93. The minimum absolute atomic E-state index is 0.0631. The molecule has 0 bridgehead atoms. The molecule has 1 atom stereocenters. The Bertz CT molecular complexity index is 540. The summed E-state index contributed by atoms with van der Waals surface area (Å²) in [7, 11) is 0. The van der Waals surface area contributed by atoms with E-state index in [0.29, 0.717) is 0 Å². The van der Waals surface area contributed by atoms with Gasteiger partial charge in [-0.2, -0.15) is 0 Å². The van der Waals surface area contributed by atoms with E-state index in [1.165, 1.54) is 5.56 Å². The minimum atomic E-state index is -0.270. The van der Waals surface area contributed by atoms with Crippen molar-refractivity contribution in [1.29, 1.82) is 0 Å². The van der Waals surface area contributed by atoms with Crippen molar-refractivity contribution >= 4 is 11.6 Å². The molecule has 1 aromatic carbocycles. The normalized spacial score (nSPS) is 26.3. The second-order valence-electron chi connectivity index (χ2n) is 5.86. The average molecular weight is 259 g/mol. The summed E-state index contributed by atoms with van der Waals surface area (Å²) in [5, 5.41) is 6.61. The lowest BCUT2D eigenvalue weighted by molar-refractivity contribution is 0.0887. The van der Waals surface area contributed by atoms with Crippen molar-refractivity contribution in [2.45, 2.75) is 32.9 Å². The molecule has 2 N–H and O–H groups in total. The van der Waals surface area contributed by atoms with Crippen molar-refractivity contribution in [2.24, 2.45) is 0 Å². The van der Waals surface area contributed by atoms with Crippen LogP contribution in [0.25, 0.3) is 0 Å². The summed E-state index contributed by atoms with van der Waals surface area (Å²) in [5.74, 6) is 0.0631. The van der Waals surface area contributed by atoms with Crippen LogP contribution in [0.15, 0.2) is 12.1 Å². The molecule has 1 aromatic rings. The van der Waals surface area contributed by atoms with Crippen LogP contribution >= 0.6 is 0 Å². The van der Waals surface area contributed by atoms with Gasteiger partial charge in [-0.1, -0.05) is 6.07 Å². The lowest BCUT2D eigenvalue weighted by atomic mass is 9.94. The topological polar surface area (TPSA) is 44.4 Å². The summed E-state index contributed by atoms with van der Waals surface area (Å²) in [6, 6.07) is 4.22. The largest absolute Gasteiger partial charge is 0.347 e. The van der Waals surface area contributed by atoms with Gasteiger partial charge in [-0.05, 0) is 44.5 Å². The Morgan fingerprint density at radius 1 is 1.26 bits per heavy atom. The number of amides is 1. The van der Waals surface area contributed by atoms with E-state index >= 15 is 0 Å². The highest BCUT2D eigenvalue weighted by atomic mass is 16.2. The molecule has 2 heterocycles. The Morgan fingerprint density at radius 3 is 2.84 bits per heavy atom. The van der Waals surface area contributed by atoms with Gasteiger partial charge in [-0.25, -0.2) is 0 Å². The first-order valence-corrected chi connectivity index (χ1v) is 6.93. The highest BCUT2D eigenvalue weighted by Gasteiger charge is 2.41. The molecule has 1 amide bonds. The van der Waals surface area contributed by atoms with Crippen LogP contribution in [0, 0.1) is 13.8 Å². The van der Waals surface area contributed by atoms with Gasteiger partial charge in [0.15, 0.2) is 0 Å². The number of aryl methyl sites for hydroxylation is 2. The molecule has 2 aliphatic heterocycles. The van der Waals surface area contributed by atoms with E-state index in [4.69, 9.17) is 0 Å². The third-order valence-electron chi connectivity index (χ3n) is 4.26. The fourth-order valence-electron chi connectivity index (χ4n) is 3.31. The standard InChI is InChI=1S/C15H21N3O/c1-10-8-11(2)13-12(9-10)18-7-6-16-5-4-15(18,3)17-14(13)19/h8-9,16H,4-7H2,1-3H3,(H,17,19)/t15-/m0/s1. The van der Waals surface area contributed by atoms with Crippen LogP contribution in [0.3, 0.4) is 0 Å². The number of hydrogen-bond acceptors (Lipinski definition) is 3. The Hall–Kier alpha value is -1.55. The molecule has 4 nitrogen and oxygen atoms in total. The van der Waals surface area contributed by atoms with Gasteiger partial charge in [-0.3, -0.25) is 4.79 Å². The maximum Gasteiger partial charge on any atom is 0.255 e. The van der Waals surface area contributed by atoms with Crippen molar-refractivity contribution in [3.8, 4) is 0 Å². The molecule has 0 saturated carbocycles. The van der Waals surface area contributed by atoms with Gasteiger partial charge in [0.05, 0.1) is 11.3 Å². The van der Waals surface area contributed by atoms with E-state index in [1.54, 1.807) is 0 Å². The number of anilines is 1. The molecular weight excluding hydrogens is 238 g/mol. The molecule has 0 aromatic heterocycles. The fraction of sp³-hybridized carbons (Fsp3) is 0.533. The van der Waals surface area contributed by atoms with Gasteiger partial charge < -0.3 is 15.5 Å². The predicted octanol–water partition coefficient (Wildman–Crippen LogP) is 1.56. The fourth-order valence-corrected chi connectivity index (χ4v) is 3.31. The summed E-state index contributed by atoms with van der Waals surface area (Å²) in [4.78, 5) is 14.8. The summed E-state index contributed by atoms with van der Waals surface area (Å²) < 4.78 is 0.